The molecule has 2 aromatic rings. The van der Waals surface area contributed by atoms with E-state index in [2.05, 4.69) is 39.4 Å². The van der Waals surface area contributed by atoms with Crippen molar-refractivity contribution < 1.29 is 9.52 Å². The lowest BCUT2D eigenvalue weighted by atomic mass is 10.2. The van der Waals surface area contributed by atoms with Gasteiger partial charge in [0.2, 0.25) is 0 Å². The highest BCUT2D eigenvalue weighted by atomic mass is 16.3. The third-order valence-electron chi connectivity index (χ3n) is 4.44. The molecule has 1 aromatic carbocycles. The van der Waals surface area contributed by atoms with E-state index in [4.69, 9.17) is 4.42 Å². The Labute approximate surface area is 143 Å². The van der Waals surface area contributed by atoms with Gasteiger partial charge in [0.15, 0.2) is 0 Å². The molecule has 2 heterocycles. The van der Waals surface area contributed by atoms with Crippen molar-refractivity contribution in [2.75, 3.05) is 26.7 Å². The Morgan fingerprint density at radius 1 is 1.29 bits per heavy atom. The molecule has 0 aliphatic carbocycles. The topological polar surface area (TPSA) is 51.9 Å². The number of nitrogens with one attached hydrogen (secondary N) is 1. The third-order valence-corrected chi connectivity index (χ3v) is 4.44. The van der Waals surface area contributed by atoms with Crippen LogP contribution in [-0.2, 0) is 13.1 Å². The summed E-state index contributed by atoms with van der Waals surface area (Å²) >= 11 is 0. The number of likely N-dealkylation sites (tertiary alicyclic amines) is 1. The van der Waals surface area contributed by atoms with Crippen LogP contribution >= 0.6 is 0 Å². The van der Waals surface area contributed by atoms with Crippen molar-refractivity contribution in [2.45, 2.75) is 31.8 Å². The lowest BCUT2D eigenvalue weighted by Crippen LogP contribution is -2.45. The summed E-state index contributed by atoms with van der Waals surface area (Å²) in [7, 11) is 1.99. The highest BCUT2D eigenvalue weighted by Gasteiger charge is 2.24. The number of benzene rings is 1. The predicted molar refractivity (Wildman–Crippen MR) is 94.3 cm³/mol. The van der Waals surface area contributed by atoms with Crippen LogP contribution in [0.25, 0.3) is 0 Å². The van der Waals surface area contributed by atoms with Gasteiger partial charge in [-0.2, -0.15) is 0 Å². The zero-order valence-electron chi connectivity index (χ0n) is 14.3. The van der Waals surface area contributed by atoms with Gasteiger partial charge in [0, 0.05) is 32.2 Å². The Kier molecular flexibility index (Phi) is 6.04. The Hall–Kier alpha value is -1.66. The van der Waals surface area contributed by atoms with E-state index in [0.717, 1.165) is 31.8 Å². The lowest BCUT2D eigenvalue weighted by molar-refractivity contribution is 0.0799. The molecule has 24 heavy (non-hydrogen) atoms. The van der Waals surface area contributed by atoms with E-state index in [-0.39, 0.29) is 0 Å². The first kappa shape index (κ1) is 17.2. The summed E-state index contributed by atoms with van der Waals surface area (Å²) < 4.78 is 5.34. The molecule has 0 radical (unpaired) electrons. The second-order valence-corrected chi connectivity index (χ2v) is 6.66. The first-order chi connectivity index (χ1) is 11.7. The smallest absolute Gasteiger partial charge is 0.118 e. The number of hydrogen-bond donors (Lipinski definition) is 2. The first-order valence-corrected chi connectivity index (χ1v) is 8.60. The van der Waals surface area contributed by atoms with Gasteiger partial charge in [0.1, 0.15) is 12.0 Å². The van der Waals surface area contributed by atoms with Crippen molar-refractivity contribution in [1.82, 2.24) is 15.1 Å². The number of aliphatic hydroxyl groups excluding tert-OH is 1. The van der Waals surface area contributed by atoms with Crippen molar-refractivity contribution in [3.05, 3.63) is 60.1 Å². The van der Waals surface area contributed by atoms with Gasteiger partial charge in [0.05, 0.1) is 12.8 Å². The minimum atomic E-state index is -0.522. The van der Waals surface area contributed by atoms with E-state index in [9.17, 15) is 5.11 Å². The van der Waals surface area contributed by atoms with Crippen LogP contribution in [0.4, 0.5) is 0 Å². The van der Waals surface area contributed by atoms with E-state index in [1.54, 1.807) is 6.26 Å². The van der Waals surface area contributed by atoms with E-state index >= 15 is 0 Å². The summed E-state index contributed by atoms with van der Waals surface area (Å²) in [5.74, 6) is 0.916. The van der Waals surface area contributed by atoms with Gasteiger partial charge in [-0.05, 0) is 31.2 Å². The van der Waals surface area contributed by atoms with Crippen LogP contribution in [0.3, 0.4) is 0 Å². The van der Waals surface area contributed by atoms with Crippen molar-refractivity contribution in [1.29, 1.82) is 0 Å². The molecule has 1 aromatic heterocycles. The highest BCUT2D eigenvalue weighted by molar-refractivity contribution is 5.14. The monoisotopic (exact) mass is 329 g/mol. The van der Waals surface area contributed by atoms with Gasteiger partial charge < -0.3 is 9.52 Å². The molecule has 1 saturated heterocycles. The molecule has 0 spiro atoms. The predicted octanol–water partition coefficient (Wildman–Crippen LogP) is 1.89. The fourth-order valence-electron chi connectivity index (χ4n) is 3.31. The largest absolute Gasteiger partial charge is 0.468 e. The fourth-order valence-corrected chi connectivity index (χ4v) is 3.31. The van der Waals surface area contributed by atoms with Crippen LogP contribution in [0.1, 0.15) is 17.7 Å². The Morgan fingerprint density at radius 3 is 2.88 bits per heavy atom. The van der Waals surface area contributed by atoms with Gasteiger partial charge in [0.25, 0.3) is 0 Å². The quantitative estimate of drug-likeness (QED) is 0.725. The molecule has 2 N–H and O–H groups in total. The number of nitrogens with zero attached hydrogens (tertiary/aromatic N) is 2. The Morgan fingerprint density at radius 2 is 2.12 bits per heavy atom. The van der Waals surface area contributed by atoms with Gasteiger partial charge in [-0.25, -0.2) is 0 Å². The molecule has 1 fully saturated rings. The number of likely N-dealkylation sites (N-methyl/N-ethyl adjacent to an activating group) is 1. The summed E-state index contributed by atoms with van der Waals surface area (Å²) in [6, 6.07) is 14.7. The minimum Gasteiger partial charge on any atom is -0.468 e. The minimum absolute atomic E-state index is 0.348. The average molecular weight is 329 g/mol. The Balaban J connectivity index is 1.38. The van der Waals surface area contributed by atoms with Gasteiger partial charge in [-0.3, -0.25) is 15.1 Å². The normalized spacial score (nSPS) is 19.9. The van der Waals surface area contributed by atoms with Crippen LogP contribution in [0.15, 0.2) is 53.1 Å². The maximum Gasteiger partial charge on any atom is 0.118 e. The summed E-state index contributed by atoms with van der Waals surface area (Å²) in [5, 5.41) is 13.6. The van der Waals surface area contributed by atoms with Gasteiger partial charge in [-0.15, -0.1) is 0 Å². The second kappa shape index (κ2) is 8.44. The first-order valence-electron chi connectivity index (χ1n) is 8.60. The highest BCUT2D eigenvalue weighted by Crippen LogP contribution is 2.14. The number of hydrogen-bond acceptors (Lipinski definition) is 5. The fraction of sp³-hybridized carbons (Fsp3) is 0.474. The molecule has 2 atom stereocenters. The van der Waals surface area contributed by atoms with E-state index < -0.39 is 6.23 Å². The number of aliphatic hydroxyl groups is 1. The molecule has 5 heteroatoms. The summed E-state index contributed by atoms with van der Waals surface area (Å²) in [5.41, 5.74) is 1.34. The van der Waals surface area contributed by atoms with Gasteiger partial charge in [-0.1, -0.05) is 30.3 Å². The lowest BCUT2D eigenvalue weighted by Gasteiger charge is -2.23. The van der Waals surface area contributed by atoms with E-state index in [1.807, 2.05) is 25.2 Å². The van der Waals surface area contributed by atoms with Crippen LogP contribution in [-0.4, -0.2) is 53.9 Å². The zero-order valence-corrected chi connectivity index (χ0v) is 14.3. The molecule has 0 saturated carbocycles. The van der Waals surface area contributed by atoms with Crippen LogP contribution in [0, 0.1) is 0 Å². The molecule has 2 unspecified atom stereocenters. The second-order valence-electron chi connectivity index (χ2n) is 6.66. The summed E-state index contributed by atoms with van der Waals surface area (Å²) in [6.07, 6.45) is 2.23. The molecule has 0 amide bonds. The van der Waals surface area contributed by atoms with Crippen LogP contribution in [0.5, 0.6) is 0 Å². The third kappa shape index (κ3) is 5.18. The zero-order chi connectivity index (χ0) is 16.8. The molecule has 1 aliphatic rings. The molecule has 1 aliphatic heterocycles. The standard InChI is InChI=1S/C19H27N3O2/c1-21(14-18-8-5-11-24-18)15-19(23)20-17-9-10-22(13-17)12-16-6-3-2-4-7-16/h2-8,11,17,19-20,23H,9-10,12-15H2,1H3. The number of rotatable bonds is 8. The van der Waals surface area contributed by atoms with E-state index in [1.165, 1.54) is 5.56 Å². The van der Waals surface area contributed by atoms with E-state index in [0.29, 0.717) is 19.1 Å². The van der Waals surface area contributed by atoms with Crippen molar-refractivity contribution in [3.8, 4) is 0 Å². The van der Waals surface area contributed by atoms with Crippen molar-refractivity contribution in [3.63, 3.8) is 0 Å². The molecular weight excluding hydrogens is 302 g/mol. The molecular formula is C19H27N3O2. The summed E-state index contributed by atoms with van der Waals surface area (Å²) in [4.78, 5) is 4.50. The molecule has 5 nitrogen and oxygen atoms in total. The van der Waals surface area contributed by atoms with Crippen molar-refractivity contribution >= 4 is 0 Å². The average Bonchev–Trinajstić information content (AvgIpc) is 3.20. The molecule has 3 rings (SSSR count). The van der Waals surface area contributed by atoms with Crippen LogP contribution < -0.4 is 5.32 Å². The maximum absolute atomic E-state index is 10.3. The summed E-state index contributed by atoms with van der Waals surface area (Å²) in [6.45, 7) is 4.31. The maximum atomic E-state index is 10.3. The van der Waals surface area contributed by atoms with Crippen LogP contribution in [0.2, 0.25) is 0 Å². The molecule has 130 valence electrons. The number of furan rings is 1. The Bertz CT molecular complexity index is 588. The molecule has 0 bridgehead atoms. The van der Waals surface area contributed by atoms with Crippen molar-refractivity contribution in [2.24, 2.45) is 0 Å². The SMILES string of the molecule is CN(Cc1ccco1)CC(O)NC1CCN(Cc2ccccc2)C1. The van der Waals surface area contributed by atoms with Gasteiger partial charge >= 0.3 is 0 Å².